The first-order valence-corrected chi connectivity index (χ1v) is 12.9. The predicted octanol–water partition coefficient (Wildman–Crippen LogP) is 4.48. The summed E-state index contributed by atoms with van der Waals surface area (Å²) in [5.41, 5.74) is 1.09. The molecular weight excluding hydrogens is 400 g/mol. The Balaban J connectivity index is 1.37. The van der Waals surface area contributed by atoms with Gasteiger partial charge in [0.2, 0.25) is 0 Å². The third-order valence-electron chi connectivity index (χ3n) is 7.33. The fraction of sp³-hybridized carbons (Fsp3) is 0.731. The van der Waals surface area contributed by atoms with Crippen LogP contribution >= 0.6 is 0 Å². The van der Waals surface area contributed by atoms with Gasteiger partial charge < -0.3 is 25.0 Å². The summed E-state index contributed by atoms with van der Waals surface area (Å²) in [5.74, 6) is 2.58. The first-order chi connectivity index (χ1) is 15.8. The summed E-state index contributed by atoms with van der Waals surface area (Å²) in [7, 11) is 1.72. The third kappa shape index (κ3) is 6.09. The highest BCUT2D eigenvalue weighted by molar-refractivity contribution is 5.80. The van der Waals surface area contributed by atoms with E-state index in [-0.39, 0.29) is 0 Å². The normalized spacial score (nSPS) is 21.8. The molecule has 0 amide bonds. The van der Waals surface area contributed by atoms with Crippen LogP contribution in [0, 0.1) is 0 Å². The number of nitrogens with zero attached hydrogens (tertiary/aromatic N) is 2. The third-order valence-corrected chi connectivity index (χ3v) is 7.33. The molecule has 1 saturated heterocycles. The van der Waals surface area contributed by atoms with Crippen molar-refractivity contribution in [1.82, 2.24) is 15.5 Å². The van der Waals surface area contributed by atoms with Gasteiger partial charge >= 0.3 is 0 Å². The van der Waals surface area contributed by atoms with E-state index >= 15 is 0 Å². The maximum absolute atomic E-state index is 6.39. The number of guanidine groups is 1. The van der Waals surface area contributed by atoms with E-state index in [1.165, 1.54) is 64.5 Å². The molecule has 3 fully saturated rings. The minimum atomic E-state index is 0.297. The zero-order valence-corrected chi connectivity index (χ0v) is 20.1. The maximum Gasteiger partial charge on any atom is 0.191 e. The molecule has 0 atom stereocenters. The number of aliphatic imine (C=N–C) groups is 1. The standard InChI is InChI=1S/C26H42N4O2/c1-3-27-26(29-21-15-17-30(18-16-21)22-10-4-5-11-22)28-19-20-9-8-14-24(31-2)25(20)32-23-12-6-7-13-23/h8-9,14,21-23H,3-7,10-13,15-19H2,1-2H3,(H2,27,28,29). The average molecular weight is 443 g/mol. The molecule has 6 nitrogen and oxygen atoms in total. The molecule has 32 heavy (non-hydrogen) atoms. The number of nitrogens with one attached hydrogen (secondary N) is 2. The van der Waals surface area contributed by atoms with Gasteiger partial charge in [0.15, 0.2) is 17.5 Å². The summed E-state index contributed by atoms with van der Waals surface area (Å²) in [6, 6.07) is 7.46. The summed E-state index contributed by atoms with van der Waals surface area (Å²) >= 11 is 0. The summed E-state index contributed by atoms with van der Waals surface area (Å²) in [4.78, 5) is 7.65. The highest BCUT2D eigenvalue weighted by Gasteiger charge is 2.27. The first kappa shape index (κ1) is 23.2. The van der Waals surface area contributed by atoms with Gasteiger partial charge in [0.05, 0.1) is 19.8 Å². The second kappa shape index (κ2) is 11.8. The van der Waals surface area contributed by atoms with E-state index < -0.39 is 0 Å². The van der Waals surface area contributed by atoms with Gasteiger partial charge in [-0.2, -0.15) is 0 Å². The van der Waals surface area contributed by atoms with Crippen molar-refractivity contribution < 1.29 is 9.47 Å². The Morgan fingerprint density at radius 2 is 1.75 bits per heavy atom. The van der Waals surface area contributed by atoms with Crippen LogP contribution in [0.15, 0.2) is 23.2 Å². The summed E-state index contributed by atoms with van der Waals surface area (Å²) < 4.78 is 12.0. The molecule has 6 heteroatoms. The Morgan fingerprint density at radius 1 is 1.03 bits per heavy atom. The minimum absolute atomic E-state index is 0.297. The van der Waals surface area contributed by atoms with Crippen molar-refractivity contribution in [1.29, 1.82) is 0 Å². The molecule has 1 aromatic carbocycles. The van der Waals surface area contributed by atoms with Gasteiger partial charge in [-0.25, -0.2) is 4.99 Å². The number of piperidine rings is 1. The molecule has 178 valence electrons. The van der Waals surface area contributed by atoms with Crippen LogP contribution in [-0.4, -0.2) is 55.8 Å². The topological polar surface area (TPSA) is 58.1 Å². The lowest BCUT2D eigenvalue weighted by Gasteiger charge is -2.36. The van der Waals surface area contributed by atoms with Crippen molar-refractivity contribution in [3.8, 4) is 11.5 Å². The van der Waals surface area contributed by atoms with E-state index in [4.69, 9.17) is 14.5 Å². The molecule has 2 N–H and O–H groups in total. The van der Waals surface area contributed by atoms with Crippen molar-refractivity contribution in [2.45, 2.75) is 95.9 Å². The maximum atomic E-state index is 6.39. The van der Waals surface area contributed by atoms with Crippen LogP contribution in [0.3, 0.4) is 0 Å². The van der Waals surface area contributed by atoms with E-state index in [9.17, 15) is 0 Å². The summed E-state index contributed by atoms with van der Waals surface area (Å²) in [6.45, 7) is 5.97. The lowest BCUT2D eigenvalue weighted by Crippen LogP contribution is -2.50. The minimum Gasteiger partial charge on any atom is -0.493 e. The molecule has 1 aromatic rings. The highest BCUT2D eigenvalue weighted by atomic mass is 16.5. The molecule has 2 aliphatic carbocycles. The van der Waals surface area contributed by atoms with E-state index in [0.29, 0.717) is 18.7 Å². The van der Waals surface area contributed by atoms with Crippen LogP contribution in [0.2, 0.25) is 0 Å². The number of hydrogen-bond donors (Lipinski definition) is 2. The van der Waals surface area contributed by atoms with Gasteiger partial charge in [0.1, 0.15) is 0 Å². The number of benzene rings is 1. The molecule has 3 aliphatic rings. The molecule has 0 aromatic heterocycles. The predicted molar refractivity (Wildman–Crippen MR) is 131 cm³/mol. The van der Waals surface area contributed by atoms with Gasteiger partial charge in [-0.1, -0.05) is 25.0 Å². The number of likely N-dealkylation sites (tertiary alicyclic amines) is 1. The average Bonchev–Trinajstić information content (AvgIpc) is 3.53. The Morgan fingerprint density at radius 3 is 2.44 bits per heavy atom. The fourth-order valence-corrected chi connectivity index (χ4v) is 5.51. The van der Waals surface area contributed by atoms with Crippen LogP contribution in [-0.2, 0) is 6.54 Å². The first-order valence-electron chi connectivity index (χ1n) is 12.9. The monoisotopic (exact) mass is 442 g/mol. The molecule has 1 aliphatic heterocycles. The zero-order chi connectivity index (χ0) is 22.2. The number of rotatable bonds is 8. The zero-order valence-electron chi connectivity index (χ0n) is 20.1. The van der Waals surface area contributed by atoms with E-state index in [0.717, 1.165) is 48.5 Å². The molecule has 0 unspecified atom stereocenters. The molecular formula is C26H42N4O2. The summed E-state index contributed by atoms with van der Waals surface area (Å²) in [5, 5.41) is 7.14. The highest BCUT2D eigenvalue weighted by Crippen LogP contribution is 2.35. The Kier molecular flexibility index (Phi) is 8.55. The van der Waals surface area contributed by atoms with E-state index in [1.54, 1.807) is 7.11 Å². The number of ether oxygens (including phenoxy) is 2. The lowest BCUT2D eigenvalue weighted by molar-refractivity contribution is 0.150. The van der Waals surface area contributed by atoms with Gasteiger partial charge in [-0.3, -0.25) is 0 Å². The van der Waals surface area contributed by atoms with E-state index in [2.05, 4.69) is 28.5 Å². The van der Waals surface area contributed by atoms with Gasteiger partial charge in [-0.05, 0) is 64.4 Å². The van der Waals surface area contributed by atoms with Crippen molar-refractivity contribution in [2.75, 3.05) is 26.7 Å². The fourth-order valence-electron chi connectivity index (χ4n) is 5.51. The van der Waals surface area contributed by atoms with Crippen molar-refractivity contribution >= 4 is 5.96 Å². The van der Waals surface area contributed by atoms with Crippen molar-refractivity contribution in [2.24, 2.45) is 4.99 Å². The molecule has 4 rings (SSSR count). The van der Waals surface area contributed by atoms with Crippen LogP contribution in [0.25, 0.3) is 0 Å². The molecule has 0 bridgehead atoms. The second-order valence-corrected chi connectivity index (χ2v) is 9.56. The van der Waals surface area contributed by atoms with Gasteiger partial charge in [0.25, 0.3) is 0 Å². The molecule has 0 spiro atoms. The van der Waals surface area contributed by atoms with E-state index in [1.807, 2.05) is 12.1 Å². The second-order valence-electron chi connectivity index (χ2n) is 9.56. The Labute approximate surface area is 194 Å². The van der Waals surface area contributed by atoms with Crippen LogP contribution in [0.4, 0.5) is 0 Å². The quantitative estimate of drug-likeness (QED) is 0.459. The molecule has 2 saturated carbocycles. The van der Waals surface area contributed by atoms with Crippen molar-refractivity contribution in [3.05, 3.63) is 23.8 Å². The van der Waals surface area contributed by atoms with Gasteiger partial charge in [0, 0.05) is 37.3 Å². The van der Waals surface area contributed by atoms with Crippen molar-refractivity contribution in [3.63, 3.8) is 0 Å². The number of para-hydroxylation sites is 1. The smallest absolute Gasteiger partial charge is 0.191 e. The Hall–Kier alpha value is -1.95. The summed E-state index contributed by atoms with van der Waals surface area (Å²) in [6.07, 6.45) is 13.1. The van der Waals surface area contributed by atoms with Gasteiger partial charge in [-0.15, -0.1) is 0 Å². The number of methoxy groups -OCH3 is 1. The van der Waals surface area contributed by atoms with Crippen LogP contribution < -0.4 is 20.1 Å². The molecule has 1 heterocycles. The van der Waals surface area contributed by atoms with Crippen LogP contribution in [0.1, 0.15) is 76.7 Å². The van der Waals surface area contributed by atoms with Crippen LogP contribution in [0.5, 0.6) is 11.5 Å². The number of hydrogen-bond acceptors (Lipinski definition) is 4. The largest absolute Gasteiger partial charge is 0.493 e. The SMILES string of the molecule is CCNC(=NCc1cccc(OC)c1OC1CCCC1)NC1CCN(C2CCCC2)CC1. The lowest BCUT2D eigenvalue weighted by atomic mass is 10.0. The molecule has 0 radical (unpaired) electrons. The Bertz CT molecular complexity index is 733.